The Labute approximate surface area is 413 Å². The largest absolute Gasteiger partial charge is 0.462 e. The molecule has 0 radical (unpaired) electrons. The van der Waals surface area contributed by atoms with Gasteiger partial charge >= 0.3 is 17.9 Å². The third kappa shape index (κ3) is 53.2. The summed E-state index contributed by atoms with van der Waals surface area (Å²) in [4.78, 5) is 38.1. The Morgan fingerprint density at radius 1 is 0.313 bits per heavy atom. The van der Waals surface area contributed by atoms with E-state index in [9.17, 15) is 14.4 Å². The van der Waals surface area contributed by atoms with E-state index in [1.54, 1.807) is 0 Å². The Hall–Kier alpha value is -3.67. The fourth-order valence-electron chi connectivity index (χ4n) is 7.37. The summed E-state index contributed by atoms with van der Waals surface area (Å²) < 4.78 is 16.8. The predicted octanol–water partition coefficient (Wildman–Crippen LogP) is 18.5. The third-order valence-electron chi connectivity index (χ3n) is 11.5. The number of carbonyl (C=O) groups excluding carboxylic acids is 3. The molecule has 0 N–H and O–H groups in total. The Kier molecular flexibility index (Phi) is 51.9. The quantitative estimate of drug-likeness (QED) is 0.0262. The van der Waals surface area contributed by atoms with Gasteiger partial charge in [0.15, 0.2) is 6.10 Å². The van der Waals surface area contributed by atoms with Crippen LogP contribution in [-0.4, -0.2) is 37.2 Å². The van der Waals surface area contributed by atoms with Crippen molar-refractivity contribution in [1.82, 2.24) is 0 Å². The number of esters is 3. The molecule has 0 aromatic carbocycles. The zero-order valence-electron chi connectivity index (χ0n) is 43.6. The van der Waals surface area contributed by atoms with Crippen LogP contribution in [0, 0.1) is 0 Å². The molecule has 6 nitrogen and oxygen atoms in total. The molecule has 0 aromatic rings. The lowest BCUT2D eigenvalue weighted by atomic mass is 10.1. The monoisotopic (exact) mass is 931 g/mol. The molecule has 0 spiro atoms. The van der Waals surface area contributed by atoms with Gasteiger partial charge in [-0.2, -0.15) is 0 Å². The number of rotatable bonds is 49. The first-order chi connectivity index (χ1) is 33.0. The minimum atomic E-state index is -0.799. The van der Waals surface area contributed by atoms with Crippen LogP contribution >= 0.6 is 0 Å². The molecule has 0 unspecified atom stereocenters. The second-order valence-electron chi connectivity index (χ2n) is 18.1. The first-order valence-corrected chi connectivity index (χ1v) is 27.7. The standard InChI is InChI=1S/C61H102O6/c1-4-7-10-13-16-19-22-25-28-30-33-36-39-42-45-48-51-54-60(63)66-57-58(56-65-59(62)53-50-47-44-41-38-35-32-27-24-21-18-15-12-9-6-3)67-61(64)55-52-49-46-43-40-37-34-31-29-26-23-20-17-14-11-8-5-2/h7,10,16-21,25-29,32-33,36,58H,4-6,8-9,11-15,22-24,30-31,34-35,37-57H2,1-3H3/b10-7-,19-16-,20-17-,21-18-,28-25-,29-26-,32-27-,36-33-/t58-/m0/s1. The van der Waals surface area contributed by atoms with Crippen LogP contribution in [0.4, 0.5) is 0 Å². The van der Waals surface area contributed by atoms with Crippen molar-refractivity contribution in [2.45, 2.75) is 258 Å². The van der Waals surface area contributed by atoms with Crippen LogP contribution in [0.3, 0.4) is 0 Å². The van der Waals surface area contributed by atoms with Crippen molar-refractivity contribution in [2.75, 3.05) is 13.2 Å². The number of hydrogen-bond acceptors (Lipinski definition) is 6. The molecular weight excluding hydrogens is 829 g/mol. The molecule has 0 saturated heterocycles. The second-order valence-corrected chi connectivity index (χ2v) is 18.1. The lowest BCUT2D eigenvalue weighted by Gasteiger charge is -2.18. The summed E-state index contributed by atoms with van der Waals surface area (Å²) in [5.41, 5.74) is 0. The van der Waals surface area contributed by atoms with Gasteiger partial charge in [0.25, 0.3) is 0 Å². The Morgan fingerprint density at radius 3 is 0.910 bits per heavy atom. The first kappa shape index (κ1) is 63.3. The SMILES string of the molecule is CC/C=C\C/C=C\C/C=C\C/C=C\CCCCCCC(=O)OC[C@H](COC(=O)CCCCCCC/C=C\C/C=C\CCCCC)OC(=O)CCCCCCCCC/C=C\C/C=C\CCCCC. The van der Waals surface area contributed by atoms with E-state index in [1.165, 1.54) is 77.0 Å². The molecule has 0 fully saturated rings. The van der Waals surface area contributed by atoms with Crippen LogP contribution in [0.15, 0.2) is 97.2 Å². The fraction of sp³-hybridized carbons (Fsp3) is 0.689. The molecule has 0 saturated carbocycles. The van der Waals surface area contributed by atoms with E-state index in [-0.39, 0.29) is 31.1 Å². The molecule has 0 aliphatic rings. The highest BCUT2D eigenvalue weighted by molar-refractivity contribution is 5.71. The maximum Gasteiger partial charge on any atom is 0.306 e. The average molecular weight is 931 g/mol. The number of allylic oxidation sites excluding steroid dienone is 16. The van der Waals surface area contributed by atoms with Gasteiger partial charge in [-0.05, 0) is 122 Å². The minimum Gasteiger partial charge on any atom is -0.462 e. The smallest absolute Gasteiger partial charge is 0.306 e. The van der Waals surface area contributed by atoms with Gasteiger partial charge in [0.05, 0.1) is 0 Å². The number of ether oxygens (including phenoxy) is 3. The van der Waals surface area contributed by atoms with Crippen LogP contribution in [0.5, 0.6) is 0 Å². The van der Waals surface area contributed by atoms with E-state index < -0.39 is 6.10 Å². The topological polar surface area (TPSA) is 78.9 Å². The Bertz CT molecular complexity index is 1350. The van der Waals surface area contributed by atoms with Crippen molar-refractivity contribution in [3.63, 3.8) is 0 Å². The fourth-order valence-corrected chi connectivity index (χ4v) is 7.37. The first-order valence-electron chi connectivity index (χ1n) is 27.7. The Balaban J connectivity index is 4.48. The summed E-state index contributed by atoms with van der Waals surface area (Å²) in [6.07, 6.45) is 72.4. The van der Waals surface area contributed by atoms with Crippen LogP contribution in [0.1, 0.15) is 252 Å². The summed E-state index contributed by atoms with van der Waals surface area (Å²) in [5.74, 6) is -0.941. The van der Waals surface area contributed by atoms with E-state index >= 15 is 0 Å². The van der Waals surface area contributed by atoms with Gasteiger partial charge in [-0.15, -0.1) is 0 Å². The summed E-state index contributed by atoms with van der Waals surface area (Å²) in [6, 6.07) is 0. The van der Waals surface area contributed by atoms with E-state index in [2.05, 4.69) is 118 Å². The van der Waals surface area contributed by atoms with Gasteiger partial charge in [0.2, 0.25) is 0 Å². The molecule has 0 amide bonds. The molecule has 382 valence electrons. The van der Waals surface area contributed by atoms with Gasteiger partial charge in [-0.1, -0.05) is 208 Å². The van der Waals surface area contributed by atoms with E-state index in [4.69, 9.17) is 14.2 Å². The number of hydrogen-bond donors (Lipinski definition) is 0. The highest BCUT2D eigenvalue weighted by Gasteiger charge is 2.19. The van der Waals surface area contributed by atoms with Gasteiger partial charge in [-0.25, -0.2) is 0 Å². The number of unbranched alkanes of at least 4 members (excludes halogenated alkanes) is 22. The van der Waals surface area contributed by atoms with Gasteiger partial charge in [0, 0.05) is 19.3 Å². The van der Waals surface area contributed by atoms with Crippen molar-refractivity contribution in [3.05, 3.63) is 97.2 Å². The van der Waals surface area contributed by atoms with Crippen LogP contribution in [0.25, 0.3) is 0 Å². The lowest BCUT2D eigenvalue weighted by Crippen LogP contribution is -2.30. The van der Waals surface area contributed by atoms with E-state index in [0.29, 0.717) is 19.3 Å². The highest BCUT2D eigenvalue weighted by Crippen LogP contribution is 2.14. The highest BCUT2D eigenvalue weighted by atomic mass is 16.6. The second kappa shape index (κ2) is 54.9. The Morgan fingerprint density at radius 2 is 0.582 bits per heavy atom. The predicted molar refractivity (Wildman–Crippen MR) is 288 cm³/mol. The van der Waals surface area contributed by atoms with Gasteiger partial charge in [-0.3, -0.25) is 14.4 Å². The molecule has 0 aliphatic carbocycles. The summed E-state index contributed by atoms with van der Waals surface area (Å²) >= 11 is 0. The van der Waals surface area contributed by atoms with Crippen LogP contribution in [0.2, 0.25) is 0 Å². The number of carbonyl (C=O) groups is 3. The summed E-state index contributed by atoms with van der Waals surface area (Å²) in [7, 11) is 0. The zero-order valence-corrected chi connectivity index (χ0v) is 43.6. The molecule has 0 bridgehead atoms. The maximum atomic E-state index is 12.8. The molecule has 0 heterocycles. The molecular formula is C61H102O6. The average Bonchev–Trinajstić information content (AvgIpc) is 3.33. The third-order valence-corrected chi connectivity index (χ3v) is 11.5. The summed E-state index contributed by atoms with van der Waals surface area (Å²) in [6.45, 7) is 6.44. The van der Waals surface area contributed by atoms with Gasteiger partial charge in [0.1, 0.15) is 13.2 Å². The lowest BCUT2D eigenvalue weighted by molar-refractivity contribution is -0.167. The van der Waals surface area contributed by atoms with E-state index in [1.807, 2.05) is 0 Å². The minimum absolute atomic E-state index is 0.0969. The normalized spacial score (nSPS) is 12.8. The molecule has 67 heavy (non-hydrogen) atoms. The van der Waals surface area contributed by atoms with Crippen LogP contribution in [-0.2, 0) is 28.6 Å². The molecule has 1 atom stereocenters. The van der Waals surface area contributed by atoms with E-state index in [0.717, 1.165) is 135 Å². The molecule has 0 aliphatic heterocycles. The van der Waals surface area contributed by atoms with Crippen molar-refractivity contribution in [1.29, 1.82) is 0 Å². The molecule has 0 aromatic heterocycles. The van der Waals surface area contributed by atoms with Crippen LogP contribution < -0.4 is 0 Å². The van der Waals surface area contributed by atoms with Crippen molar-refractivity contribution in [2.24, 2.45) is 0 Å². The molecule has 0 rings (SSSR count). The van der Waals surface area contributed by atoms with Gasteiger partial charge < -0.3 is 14.2 Å². The summed E-state index contributed by atoms with van der Waals surface area (Å²) in [5, 5.41) is 0. The van der Waals surface area contributed by atoms with Crippen molar-refractivity contribution >= 4 is 17.9 Å². The molecule has 6 heteroatoms. The maximum absolute atomic E-state index is 12.8. The van der Waals surface area contributed by atoms with Crippen molar-refractivity contribution < 1.29 is 28.6 Å². The van der Waals surface area contributed by atoms with Crippen molar-refractivity contribution in [3.8, 4) is 0 Å². The zero-order chi connectivity index (χ0) is 48.6.